The first-order chi connectivity index (χ1) is 24.6. The lowest BCUT2D eigenvalue weighted by atomic mass is 9.77. The summed E-state index contributed by atoms with van der Waals surface area (Å²) >= 11 is 0. The van der Waals surface area contributed by atoms with Crippen molar-refractivity contribution in [2.75, 3.05) is 0 Å². The number of rotatable bonds is 8. The van der Waals surface area contributed by atoms with E-state index in [-0.39, 0.29) is 0 Å². The predicted molar refractivity (Wildman–Crippen MR) is 218 cm³/mol. The summed E-state index contributed by atoms with van der Waals surface area (Å²) in [5.41, 5.74) is 15.7. The van der Waals surface area contributed by atoms with Crippen LogP contribution in [0.2, 0.25) is 0 Å². The maximum absolute atomic E-state index is 2.35. The predicted octanol–water partition coefficient (Wildman–Crippen LogP) is 14.1. The molecular formula is C50H44. The van der Waals surface area contributed by atoms with E-state index in [1.165, 1.54) is 99.1 Å². The third-order valence-electron chi connectivity index (χ3n) is 10.8. The molecule has 8 aromatic carbocycles. The number of hydrogen-bond donors (Lipinski definition) is 0. The van der Waals surface area contributed by atoms with Crippen LogP contribution in [0.3, 0.4) is 0 Å². The average molecular weight is 645 g/mol. The van der Waals surface area contributed by atoms with Gasteiger partial charge in [-0.15, -0.1) is 0 Å². The third-order valence-corrected chi connectivity index (χ3v) is 10.8. The molecule has 0 atom stereocenters. The Bertz CT molecular complexity index is 2110. The molecule has 0 heteroatoms. The van der Waals surface area contributed by atoms with Crippen LogP contribution in [0.1, 0.15) is 49.9 Å². The summed E-state index contributed by atoms with van der Waals surface area (Å²) in [4.78, 5) is 0. The lowest BCUT2D eigenvalue weighted by Gasteiger charge is -2.25. The molecule has 0 spiro atoms. The molecule has 0 heterocycles. The number of benzene rings is 8. The quantitative estimate of drug-likeness (QED) is 0.144. The highest BCUT2D eigenvalue weighted by Crippen LogP contribution is 2.53. The summed E-state index contributed by atoms with van der Waals surface area (Å²) in [6, 6.07) is 55.5. The monoisotopic (exact) mass is 644 g/mol. The Morgan fingerprint density at radius 2 is 0.460 bits per heavy atom. The van der Waals surface area contributed by atoms with E-state index in [9.17, 15) is 0 Å². The second-order valence-corrected chi connectivity index (χ2v) is 13.5. The summed E-state index contributed by atoms with van der Waals surface area (Å²) in [7, 11) is 0. The smallest absolute Gasteiger partial charge is 0.000139 e. The van der Waals surface area contributed by atoms with E-state index in [1.807, 2.05) is 0 Å². The average Bonchev–Trinajstić information content (AvgIpc) is 3.19. The van der Waals surface area contributed by atoms with Gasteiger partial charge in [0.1, 0.15) is 0 Å². The van der Waals surface area contributed by atoms with Crippen LogP contribution in [-0.2, 0) is 25.7 Å². The standard InChI is InChI=1S/C50H44/c1-5-33-17-25-37(26-18-33)45-41-13-9-10-14-42(41)47(39-29-21-35(7-3)22-30-39)50-48(40-31-23-36(8-4)24-32-40)44-16-12-11-15-43(44)46(49(45)50)38-27-19-34(6-2)20-28-38/h9-32H,5-8H2,1-4H3. The molecule has 0 saturated carbocycles. The zero-order valence-electron chi connectivity index (χ0n) is 29.7. The van der Waals surface area contributed by atoms with Crippen LogP contribution in [0, 0.1) is 0 Å². The SMILES string of the molecule is CCc1ccc(-c2c3ccccc3c(-c3ccc(CC)cc3)c3c(-c4ccc(CC)cc4)c4ccccc4c(-c4ccc(CC)cc4)c23)cc1. The van der Waals surface area contributed by atoms with Gasteiger partial charge in [-0.05, 0) is 125 Å². The zero-order chi connectivity index (χ0) is 34.2. The third kappa shape index (κ3) is 5.40. The molecule has 0 aliphatic carbocycles. The van der Waals surface area contributed by atoms with E-state index >= 15 is 0 Å². The molecule has 0 fully saturated rings. The Balaban J connectivity index is 1.68. The first kappa shape index (κ1) is 31.8. The minimum Gasteiger partial charge on any atom is -0.0616 e. The fourth-order valence-electron chi connectivity index (χ4n) is 7.95. The van der Waals surface area contributed by atoms with Gasteiger partial charge in [-0.3, -0.25) is 0 Å². The Kier molecular flexibility index (Phi) is 8.55. The lowest BCUT2D eigenvalue weighted by molar-refractivity contribution is 1.14. The highest BCUT2D eigenvalue weighted by Gasteiger charge is 2.25. The van der Waals surface area contributed by atoms with Crippen molar-refractivity contribution in [1.29, 1.82) is 0 Å². The molecule has 0 unspecified atom stereocenters. The van der Waals surface area contributed by atoms with E-state index in [1.54, 1.807) is 0 Å². The zero-order valence-corrected chi connectivity index (χ0v) is 29.7. The van der Waals surface area contributed by atoms with E-state index in [0.717, 1.165) is 25.7 Å². The summed E-state index contributed by atoms with van der Waals surface area (Å²) in [5.74, 6) is 0. The van der Waals surface area contributed by atoms with Gasteiger partial charge in [-0.25, -0.2) is 0 Å². The molecule has 50 heavy (non-hydrogen) atoms. The van der Waals surface area contributed by atoms with Gasteiger partial charge in [-0.1, -0.05) is 173 Å². The molecule has 8 aromatic rings. The second-order valence-electron chi connectivity index (χ2n) is 13.5. The van der Waals surface area contributed by atoms with Crippen LogP contribution in [0.15, 0.2) is 146 Å². The van der Waals surface area contributed by atoms with Crippen molar-refractivity contribution in [1.82, 2.24) is 0 Å². The summed E-state index contributed by atoms with van der Waals surface area (Å²) in [6.07, 6.45) is 4.08. The van der Waals surface area contributed by atoms with E-state index in [0.29, 0.717) is 0 Å². The molecule has 0 aromatic heterocycles. The van der Waals surface area contributed by atoms with Gasteiger partial charge >= 0.3 is 0 Å². The van der Waals surface area contributed by atoms with Gasteiger partial charge in [0.25, 0.3) is 0 Å². The van der Waals surface area contributed by atoms with Crippen molar-refractivity contribution in [2.24, 2.45) is 0 Å². The molecule has 0 nitrogen and oxygen atoms in total. The van der Waals surface area contributed by atoms with Crippen molar-refractivity contribution in [2.45, 2.75) is 53.4 Å². The molecule has 0 bridgehead atoms. The van der Waals surface area contributed by atoms with Crippen LogP contribution in [0.25, 0.3) is 76.8 Å². The molecule has 0 aliphatic rings. The van der Waals surface area contributed by atoms with Crippen molar-refractivity contribution in [3.63, 3.8) is 0 Å². The van der Waals surface area contributed by atoms with E-state index in [4.69, 9.17) is 0 Å². The maximum Gasteiger partial charge on any atom is -0.000139 e. The van der Waals surface area contributed by atoms with Gasteiger partial charge < -0.3 is 0 Å². The van der Waals surface area contributed by atoms with Gasteiger partial charge in [0, 0.05) is 0 Å². The van der Waals surface area contributed by atoms with Gasteiger partial charge in [0.15, 0.2) is 0 Å². The van der Waals surface area contributed by atoms with E-state index < -0.39 is 0 Å². The van der Waals surface area contributed by atoms with Crippen molar-refractivity contribution < 1.29 is 0 Å². The van der Waals surface area contributed by atoms with E-state index in [2.05, 4.69) is 173 Å². The van der Waals surface area contributed by atoms with Crippen LogP contribution < -0.4 is 0 Å². The molecule has 0 radical (unpaired) electrons. The van der Waals surface area contributed by atoms with Crippen LogP contribution in [-0.4, -0.2) is 0 Å². The number of hydrogen-bond acceptors (Lipinski definition) is 0. The van der Waals surface area contributed by atoms with Crippen molar-refractivity contribution in [3.05, 3.63) is 168 Å². The molecule has 244 valence electrons. The number of aryl methyl sites for hydroxylation is 4. The van der Waals surface area contributed by atoms with Crippen LogP contribution in [0.5, 0.6) is 0 Å². The Morgan fingerprint density at radius 1 is 0.260 bits per heavy atom. The minimum absolute atomic E-state index is 1.02. The Labute approximate surface area is 297 Å². The molecule has 8 rings (SSSR count). The van der Waals surface area contributed by atoms with Crippen LogP contribution in [0.4, 0.5) is 0 Å². The van der Waals surface area contributed by atoms with Gasteiger partial charge in [-0.2, -0.15) is 0 Å². The maximum atomic E-state index is 2.35. The van der Waals surface area contributed by atoms with Crippen molar-refractivity contribution in [3.8, 4) is 44.5 Å². The largest absolute Gasteiger partial charge is 0.0616 e. The minimum atomic E-state index is 1.02. The summed E-state index contributed by atoms with van der Waals surface area (Å²) in [6.45, 7) is 8.94. The second kappa shape index (κ2) is 13.4. The molecule has 0 N–H and O–H groups in total. The highest BCUT2D eigenvalue weighted by molar-refractivity contribution is 6.33. The Morgan fingerprint density at radius 3 is 0.640 bits per heavy atom. The van der Waals surface area contributed by atoms with Gasteiger partial charge in [0.05, 0.1) is 0 Å². The topological polar surface area (TPSA) is 0 Å². The van der Waals surface area contributed by atoms with Gasteiger partial charge in [0.2, 0.25) is 0 Å². The molecular weight excluding hydrogens is 601 g/mol. The summed E-state index contributed by atoms with van der Waals surface area (Å²) < 4.78 is 0. The fraction of sp³-hybridized carbons (Fsp3) is 0.160. The first-order valence-corrected chi connectivity index (χ1v) is 18.4. The lowest BCUT2D eigenvalue weighted by Crippen LogP contribution is -1.98. The molecule has 0 aliphatic heterocycles. The fourth-order valence-corrected chi connectivity index (χ4v) is 7.95. The normalized spacial score (nSPS) is 11.5. The van der Waals surface area contributed by atoms with Crippen LogP contribution >= 0.6 is 0 Å². The van der Waals surface area contributed by atoms with Crippen molar-refractivity contribution >= 4 is 32.3 Å². The first-order valence-electron chi connectivity index (χ1n) is 18.4. The Hall–Kier alpha value is -5.46. The summed E-state index contributed by atoms with van der Waals surface area (Å²) in [5, 5.41) is 7.78. The number of fused-ring (bicyclic) bond motifs is 3. The highest BCUT2D eigenvalue weighted by atomic mass is 14.3. The molecule has 0 amide bonds. The molecule has 0 saturated heterocycles.